The number of nitrogens with one attached hydrogen (secondary N) is 2. The van der Waals surface area contributed by atoms with Gasteiger partial charge in [-0.15, -0.1) is 0 Å². The molecule has 1 aliphatic rings. The van der Waals surface area contributed by atoms with Crippen molar-refractivity contribution in [3.8, 4) is 0 Å². The lowest BCUT2D eigenvalue weighted by Gasteiger charge is -2.22. The maximum Gasteiger partial charge on any atom is 0.416 e. The molecule has 1 saturated carbocycles. The Balaban J connectivity index is 1.95. The van der Waals surface area contributed by atoms with Crippen molar-refractivity contribution in [2.75, 3.05) is 0 Å². The molecule has 1 aliphatic carbocycles. The fourth-order valence-corrected chi connectivity index (χ4v) is 2.48. The summed E-state index contributed by atoms with van der Waals surface area (Å²) in [7, 11) is 0. The lowest BCUT2D eigenvalue weighted by Crippen LogP contribution is -2.45. The standard InChI is InChI=1S/C15H17F3N2O2/c16-15(17,18)11-6-4-5-10(9-11)13(21)20-14(22)19-12-7-2-1-3-8-12/h4-6,9,12H,1-3,7-8H2,(H2,19,20,21,22). The summed E-state index contributed by atoms with van der Waals surface area (Å²) in [5, 5.41) is 4.74. The summed E-state index contributed by atoms with van der Waals surface area (Å²) in [6.45, 7) is 0. The minimum Gasteiger partial charge on any atom is -0.335 e. The van der Waals surface area contributed by atoms with Crippen LogP contribution in [-0.4, -0.2) is 18.0 Å². The highest BCUT2D eigenvalue weighted by Crippen LogP contribution is 2.29. The molecular formula is C15H17F3N2O2. The first-order chi connectivity index (χ1) is 10.4. The molecule has 1 aromatic rings. The van der Waals surface area contributed by atoms with Gasteiger partial charge in [0.15, 0.2) is 0 Å². The zero-order valence-electron chi connectivity index (χ0n) is 11.9. The van der Waals surface area contributed by atoms with Crippen LogP contribution >= 0.6 is 0 Å². The molecule has 2 N–H and O–H groups in total. The van der Waals surface area contributed by atoms with Crippen LogP contribution in [0.25, 0.3) is 0 Å². The Labute approximate surface area is 126 Å². The quantitative estimate of drug-likeness (QED) is 0.878. The largest absolute Gasteiger partial charge is 0.416 e. The van der Waals surface area contributed by atoms with Gasteiger partial charge in [0.05, 0.1) is 5.56 Å². The monoisotopic (exact) mass is 314 g/mol. The van der Waals surface area contributed by atoms with Gasteiger partial charge in [-0.1, -0.05) is 25.3 Å². The highest BCUT2D eigenvalue weighted by atomic mass is 19.4. The van der Waals surface area contributed by atoms with Gasteiger partial charge in [0.25, 0.3) is 5.91 Å². The van der Waals surface area contributed by atoms with Gasteiger partial charge >= 0.3 is 12.2 Å². The molecule has 0 unspecified atom stereocenters. The normalized spacial score (nSPS) is 16.1. The van der Waals surface area contributed by atoms with E-state index in [9.17, 15) is 22.8 Å². The predicted octanol–water partition coefficient (Wildman–Crippen LogP) is 3.48. The predicted molar refractivity (Wildman–Crippen MR) is 74.3 cm³/mol. The van der Waals surface area contributed by atoms with Gasteiger partial charge in [-0.05, 0) is 31.0 Å². The summed E-state index contributed by atoms with van der Waals surface area (Å²) in [4.78, 5) is 23.5. The van der Waals surface area contributed by atoms with Crippen LogP contribution in [-0.2, 0) is 6.18 Å². The number of hydrogen-bond donors (Lipinski definition) is 2. The van der Waals surface area contributed by atoms with E-state index >= 15 is 0 Å². The van der Waals surface area contributed by atoms with Gasteiger partial charge in [-0.2, -0.15) is 13.2 Å². The molecule has 22 heavy (non-hydrogen) atoms. The molecule has 0 heterocycles. The maximum absolute atomic E-state index is 12.6. The average molecular weight is 314 g/mol. The Bertz CT molecular complexity index is 552. The Morgan fingerprint density at radius 3 is 2.41 bits per heavy atom. The van der Waals surface area contributed by atoms with Crippen molar-refractivity contribution in [3.05, 3.63) is 35.4 Å². The minimum absolute atomic E-state index is 0.0167. The van der Waals surface area contributed by atoms with Crippen molar-refractivity contribution >= 4 is 11.9 Å². The first-order valence-electron chi connectivity index (χ1n) is 7.15. The lowest BCUT2D eigenvalue weighted by molar-refractivity contribution is -0.137. The molecule has 1 aromatic carbocycles. The molecule has 0 saturated heterocycles. The molecule has 0 bridgehead atoms. The van der Waals surface area contributed by atoms with Crippen LogP contribution in [0.5, 0.6) is 0 Å². The highest BCUT2D eigenvalue weighted by Gasteiger charge is 2.31. The third-order valence-corrected chi connectivity index (χ3v) is 3.62. The molecule has 7 heteroatoms. The van der Waals surface area contributed by atoms with Crippen LogP contribution in [0.15, 0.2) is 24.3 Å². The van der Waals surface area contributed by atoms with E-state index in [2.05, 4.69) is 10.6 Å². The van der Waals surface area contributed by atoms with Crippen LogP contribution in [0.3, 0.4) is 0 Å². The van der Waals surface area contributed by atoms with E-state index < -0.39 is 23.7 Å². The molecular weight excluding hydrogens is 297 g/mol. The van der Waals surface area contributed by atoms with Crippen LogP contribution in [0, 0.1) is 0 Å². The topological polar surface area (TPSA) is 58.2 Å². The summed E-state index contributed by atoms with van der Waals surface area (Å²) >= 11 is 0. The summed E-state index contributed by atoms with van der Waals surface area (Å²) < 4.78 is 37.8. The lowest BCUT2D eigenvalue weighted by atomic mass is 9.96. The molecule has 0 aromatic heterocycles. The van der Waals surface area contributed by atoms with Gasteiger partial charge < -0.3 is 5.32 Å². The van der Waals surface area contributed by atoms with Crippen LogP contribution in [0.2, 0.25) is 0 Å². The number of benzene rings is 1. The van der Waals surface area contributed by atoms with E-state index in [-0.39, 0.29) is 11.6 Å². The number of rotatable bonds is 2. The maximum atomic E-state index is 12.6. The fraction of sp³-hybridized carbons (Fsp3) is 0.467. The SMILES string of the molecule is O=C(NC(=O)c1cccc(C(F)(F)F)c1)NC1CCCCC1. The minimum atomic E-state index is -4.53. The number of carbonyl (C=O) groups excluding carboxylic acids is 2. The summed E-state index contributed by atoms with van der Waals surface area (Å²) in [5.74, 6) is -0.848. The van der Waals surface area contributed by atoms with E-state index in [1.54, 1.807) is 0 Å². The summed E-state index contributed by atoms with van der Waals surface area (Å²) in [5.41, 5.74) is -1.12. The third kappa shape index (κ3) is 4.47. The van der Waals surface area contributed by atoms with Crippen molar-refractivity contribution in [3.63, 3.8) is 0 Å². The molecule has 3 amide bonds. The van der Waals surface area contributed by atoms with Crippen molar-refractivity contribution in [1.29, 1.82) is 0 Å². The van der Waals surface area contributed by atoms with Crippen LogP contribution in [0.4, 0.5) is 18.0 Å². The van der Waals surface area contributed by atoms with E-state index in [0.29, 0.717) is 0 Å². The molecule has 2 rings (SSSR count). The molecule has 4 nitrogen and oxygen atoms in total. The third-order valence-electron chi connectivity index (χ3n) is 3.62. The van der Waals surface area contributed by atoms with E-state index in [1.165, 1.54) is 6.07 Å². The number of imide groups is 1. The molecule has 1 fully saturated rings. The number of alkyl halides is 3. The Morgan fingerprint density at radius 1 is 1.09 bits per heavy atom. The molecule has 0 spiro atoms. The first kappa shape index (κ1) is 16.3. The summed E-state index contributed by atoms with van der Waals surface area (Å²) in [6, 6.07) is 3.31. The van der Waals surface area contributed by atoms with E-state index in [4.69, 9.17) is 0 Å². The van der Waals surface area contributed by atoms with Crippen molar-refractivity contribution in [1.82, 2.24) is 10.6 Å². The van der Waals surface area contributed by atoms with Gasteiger partial charge in [0.1, 0.15) is 0 Å². The summed E-state index contributed by atoms with van der Waals surface area (Å²) in [6.07, 6.45) is 0.346. The van der Waals surface area contributed by atoms with E-state index in [0.717, 1.165) is 50.3 Å². The number of carbonyl (C=O) groups is 2. The van der Waals surface area contributed by atoms with Crippen molar-refractivity contribution < 1.29 is 22.8 Å². The van der Waals surface area contributed by atoms with Gasteiger partial charge in [-0.3, -0.25) is 10.1 Å². The Kier molecular flexibility index (Phi) is 5.05. The Hall–Kier alpha value is -2.05. The molecule has 0 atom stereocenters. The average Bonchev–Trinajstić information content (AvgIpc) is 2.47. The molecule has 0 aliphatic heterocycles. The number of amides is 3. The van der Waals surface area contributed by atoms with Crippen molar-refractivity contribution in [2.45, 2.75) is 44.3 Å². The van der Waals surface area contributed by atoms with Crippen LogP contribution < -0.4 is 10.6 Å². The fourth-order valence-electron chi connectivity index (χ4n) is 2.48. The second-order valence-electron chi connectivity index (χ2n) is 5.34. The number of hydrogen-bond acceptors (Lipinski definition) is 2. The Morgan fingerprint density at radius 2 is 1.77 bits per heavy atom. The number of urea groups is 1. The zero-order valence-corrected chi connectivity index (χ0v) is 11.9. The van der Waals surface area contributed by atoms with Gasteiger partial charge in [0.2, 0.25) is 0 Å². The van der Waals surface area contributed by atoms with Crippen molar-refractivity contribution in [2.24, 2.45) is 0 Å². The zero-order chi connectivity index (χ0) is 16.2. The smallest absolute Gasteiger partial charge is 0.335 e. The number of halogens is 3. The second-order valence-corrected chi connectivity index (χ2v) is 5.34. The van der Waals surface area contributed by atoms with Gasteiger partial charge in [0, 0.05) is 11.6 Å². The van der Waals surface area contributed by atoms with Gasteiger partial charge in [-0.25, -0.2) is 4.79 Å². The van der Waals surface area contributed by atoms with E-state index in [1.807, 2.05) is 0 Å². The van der Waals surface area contributed by atoms with Crippen LogP contribution in [0.1, 0.15) is 48.0 Å². The highest BCUT2D eigenvalue weighted by molar-refractivity contribution is 6.04. The molecule has 0 radical (unpaired) electrons. The second kappa shape index (κ2) is 6.81. The molecule has 120 valence electrons. The first-order valence-corrected chi connectivity index (χ1v) is 7.15.